The minimum Gasteiger partial charge on any atom is -0.452 e. The molecule has 1 fully saturated rings. The van der Waals surface area contributed by atoms with Crippen LogP contribution >= 0.6 is 0 Å². The van der Waals surface area contributed by atoms with E-state index < -0.39 is 16.0 Å². The van der Waals surface area contributed by atoms with Crippen molar-refractivity contribution in [3.8, 4) is 0 Å². The van der Waals surface area contributed by atoms with Crippen LogP contribution in [0.2, 0.25) is 0 Å². The van der Waals surface area contributed by atoms with Gasteiger partial charge >= 0.3 is 5.97 Å². The average molecular weight is 407 g/mol. The summed E-state index contributed by atoms with van der Waals surface area (Å²) in [5.74, 6) is -0.935. The van der Waals surface area contributed by atoms with E-state index in [0.29, 0.717) is 0 Å². The average Bonchev–Trinajstić information content (AvgIpc) is 3.52. The Hall–Kier alpha value is -2.19. The molecule has 0 atom stereocenters. The normalized spacial score (nSPS) is 17.0. The molecule has 0 aromatic heterocycles. The van der Waals surface area contributed by atoms with Gasteiger partial charge in [-0.05, 0) is 56.7 Å². The van der Waals surface area contributed by atoms with E-state index in [-0.39, 0.29) is 35.6 Å². The Kier molecular flexibility index (Phi) is 6.51. The first-order valence-corrected chi connectivity index (χ1v) is 11.2. The quantitative estimate of drug-likeness (QED) is 0.670. The summed E-state index contributed by atoms with van der Waals surface area (Å²) in [6.45, 7) is 1.57. The zero-order valence-electron chi connectivity index (χ0n) is 16.0. The molecule has 0 heterocycles. The van der Waals surface area contributed by atoms with Crippen LogP contribution in [-0.2, 0) is 19.6 Å². The minimum absolute atomic E-state index is 0.0119. The molecule has 152 valence electrons. The van der Waals surface area contributed by atoms with Gasteiger partial charge in [0.15, 0.2) is 6.61 Å². The number of esters is 1. The summed E-state index contributed by atoms with van der Waals surface area (Å²) in [5, 5.41) is 0. The molecule has 1 aromatic carbocycles. The third kappa shape index (κ3) is 4.99. The standard InChI is InChI=1S/C20H26N2O5S/c1-2-21-28(25,26)18-10-6-7-15(13-18)20(24)27-14-19(23)22(17-11-12-17)16-8-4-3-5-9-16/h6-8,10,13,17,21H,2-5,9,11-12,14H2,1H3. The van der Waals surface area contributed by atoms with Crippen molar-refractivity contribution in [3.63, 3.8) is 0 Å². The van der Waals surface area contributed by atoms with Crippen LogP contribution in [-0.4, -0.2) is 44.4 Å². The van der Waals surface area contributed by atoms with Crippen molar-refractivity contribution in [1.29, 1.82) is 0 Å². The molecule has 1 aromatic rings. The molecule has 7 nitrogen and oxygen atoms in total. The molecule has 0 aliphatic heterocycles. The van der Waals surface area contributed by atoms with Crippen molar-refractivity contribution in [2.75, 3.05) is 13.2 Å². The van der Waals surface area contributed by atoms with Gasteiger partial charge in [-0.2, -0.15) is 0 Å². The van der Waals surface area contributed by atoms with Crippen LogP contribution < -0.4 is 4.72 Å². The number of rotatable bonds is 8. The number of carbonyl (C=O) groups is 2. The first-order chi connectivity index (χ1) is 13.4. The van der Waals surface area contributed by atoms with Gasteiger partial charge in [0.1, 0.15) is 0 Å². The lowest BCUT2D eigenvalue weighted by molar-refractivity contribution is -0.133. The molecule has 3 rings (SSSR count). The van der Waals surface area contributed by atoms with Gasteiger partial charge in [-0.3, -0.25) is 4.79 Å². The molecule has 1 saturated carbocycles. The van der Waals surface area contributed by atoms with Gasteiger partial charge in [0.05, 0.1) is 10.5 Å². The maximum absolute atomic E-state index is 12.7. The molecule has 0 radical (unpaired) electrons. The molecule has 0 unspecified atom stereocenters. The second-order valence-corrected chi connectivity index (χ2v) is 8.81. The largest absolute Gasteiger partial charge is 0.452 e. The lowest BCUT2D eigenvalue weighted by Crippen LogP contribution is -2.36. The molecule has 8 heteroatoms. The molecule has 1 N–H and O–H groups in total. The van der Waals surface area contributed by atoms with Crippen molar-refractivity contribution < 1.29 is 22.7 Å². The lowest BCUT2D eigenvalue weighted by Gasteiger charge is -2.27. The summed E-state index contributed by atoms with van der Waals surface area (Å²) in [7, 11) is -3.67. The van der Waals surface area contributed by atoms with Crippen LogP contribution in [0.4, 0.5) is 0 Å². The van der Waals surface area contributed by atoms with Crippen LogP contribution in [0.3, 0.4) is 0 Å². The summed E-state index contributed by atoms with van der Waals surface area (Å²) in [6.07, 6.45) is 8.10. The molecule has 0 saturated heterocycles. The lowest BCUT2D eigenvalue weighted by atomic mass is 10.0. The second kappa shape index (κ2) is 8.87. The molecule has 2 aliphatic carbocycles. The Balaban J connectivity index is 1.65. The summed E-state index contributed by atoms with van der Waals surface area (Å²) in [6, 6.07) is 5.83. The summed E-state index contributed by atoms with van der Waals surface area (Å²) < 4.78 is 31.8. The highest BCUT2D eigenvalue weighted by Crippen LogP contribution is 2.33. The topological polar surface area (TPSA) is 92.8 Å². The van der Waals surface area contributed by atoms with Crippen LogP contribution in [0, 0.1) is 0 Å². The predicted octanol–water partition coefficient (Wildman–Crippen LogP) is 2.59. The smallest absolute Gasteiger partial charge is 0.338 e. The van der Waals surface area contributed by atoms with Crippen molar-refractivity contribution in [2.45, 2.75) is 56.4 Å². The highest BCUT2D eigenvalue weighted by Gasteiger charge is 2.35. The van der Waals surface area contributed by atoms with Gasteiger partial charge in [-0.15, -0.1) is 0 Å². The first kappa shape index (κ1) is 20.5. The van der Waals surface area contributed by atoms with E-state index in [1.54, 1.807) is 11.8 Å². The number of hydrogen-bond acceptors (Lipinski definition) is 5. The number of carbonyl (C=O) groups excluding carboxylic acids is 2. The second-order valence-electron chi connectivity index (χ2n) is 7.04. The molecule has 2 aliphatic rings. The molecule has 0 bridgehead atoms. The molecule has 28 heavy (non-hydrogen) atoms. The van der Waals surface area contributed by atoms with E-state index in [0.717, 1.165) is 44.2 Å². The number of nitrogens with one attached hydrogen (secondary N) is 1. The van der Waals surface area contributed by atoms with Crippen molar-refractivity contribution in [2.24, 2.45) is 0 Å². The van der Waals surface area contributed by atoms with Gasteiger partial charge < -0.3 is 9.64 Å². The zero-order valence-corrected chi connectivity index (χ0v) is 16.8. The van der Waals surface area contributed by atoms with E-state index in [1.165, 1.54) is 24.3 Å². The summed E-state index contributed by atoms with van der Waals surface area (Å²) in [5.41, 5.74) is 1.13. The molecular formula is C20H26N2O5S. The maximum atomic E-state index is 12.7. The Labute approximate surface area is 165 Å². The fourth-order valence-electron chi connectivity index (χ4n) is 3.31. The minimum atomic E-state index is -3.67. The Morgan fingerprint density at radius 3 is 2.68 bits per heavy atom. The van der Waals surface area contributed by atoms with E-state index in [1.807, 2.05) is 0 Å². The van der Waals surface area contributed by atoms with Crippen molar-refractivity contribution in [1.82, 2.24) is 9.62 Å². The SMILES string of the molecule is CCNS(=O)(=O)c1cccc(C(=O)OCC(=O)N(C2=CCCCC2)C2CC2)c1. The third-order valence-corrected chi connectivity index (χ3v) is 6.34. The number of hydrogen-bond donors (Lipinski definition) is 1. The Morgan fingerprint density at radius 2 is 2.04 bits per heavy atom. The van der Waals surface area contributed by atoms with Crippen LogP contribution in [0.25, 0.3) is 0 Å². The fraction of sp³-hybridized carbons (Fsp3) is 0.500. The predicted molar refractivity (Wildman–Crippen MR) is 104 cm³/mol. The first-order valence-electron chi connectivity index (χ1n) is 9.70. The molecule has 0 spiro atoms. The van der Waals surface area contributed by atoms with Crippen LogP contribution in [0.5, 0.6) is 0 Å². The summed E-state index contributed by atoms with van der Waals surface area (Å²) >= 11 is 0. The fourth-order valence-corrected chi connectivity index (χ4v) is 4.40. The number of nitrogens with zero attached hydrogens (tertiary/aromatic N) is 1. The summed E-state index contributed by atoms with van der Waals surface area (Å²) in [4.78, 5) is 26.8. The number of allylic oxidation sites excluding steroid dienone is 2. The number of benzene rings is 1. The van der Waals surface area contributed by atoms with Gasteiger partial charge in [0.2, 0.25) is 10.0 Å². The van der Waals surface area contributed by atoms with Crippen LogP contribution in [0.15, 0.2) is 40.9 Å². The number of ether oxygens (including phenoxy) is 1. The Bertz CT molecular complexity index is 874. The molecule has 1 amide bonds. The van der Waals surface area contributed by atoms with E-state index >= 15 is 0 Å². The highest BCUT2D eigenvalue weighted by atomic mass is 32.2. The van der Waals surface area contributed by atoms with Gasteiger partial charge in [-0.25, -0.2) is 17.9 Å². The monoisotopic (exact) mass is 406 g/mol. The zero-order chi connectivity index (χ0) is 20.1. The van der Waals surface area contributed by atoms with Gasteiger partial charge in [0, 0.05) is 18.3 Å². The van der Waals surface area contributed by atoms with E-state index in [4.69, 9.17) is 4.74 Å². The highest BCUT2D eigenvalue weighted by molar-refractivity contribution is 7.89. The van der Waals surface area contributed by atoms with Crippen LogP contribution in [0.1, 0.15) is 55.8 Å². The Morgan fingerprint density at radius 1 is 1.25 bits per heavy atom. The molecular weight excluding hydrogens is 380 g/mol. The maximum Gasteiger partial charge on any atom is 0.338 e. The van der Waals surface area contributed by atoms with Crippen molar-refractivity contribution >= 4 is 21.9 Å². The van der Waals surface area contributed by atoms with Gasteiger partial charge in [0.25, 0.3) is 5.91 Å². The third-order valence-electron chi connectivity index (χ3n) is 4.80. The van der Waals surface area contributed by atoms with E-state index in [2.05, 4.69) is 10.8 Å². The van der Waals surface area contributed by atoms with E-state index in [9.17, 15) is 18.0 Å². The number of amides is 1. The van der Waals surface area contributed by atoms with Gasteiger partial charge in [-0.1, -0.05) is 19.1 Å². The van der Waals surface area contributed by atoms with Crippen molar-refractivity contribution in [3.05, 3.63) is 41.6 Å². The number of sulfonamides is 1.